The van der Waals surface area contributed by atoms with E-state index in [1.165, 1.54) is 6.20 Å². The molecule has 0 bridgehead atoms. The van der Waals surface area contributed by atoms with E-state index in [4.69, 9.17) is 5.73 Å². The van der Waals surface area contributed by atoms with Crippen molar-refractivity contribution in [3.63, 3.8) is 0 Å². The number of hydrogen-bond donors (Lipinski definition) is 4. The van der Waals surface area contributed by atoms with Crippen molar-refractivity contribution in [1.82, 2.24) is 15.6 Å². The minimum absolute atomic E-state index is 0.145. The molecule has 4 aromatic rings. The Kier molecular flexibility index (Phi) is 7.87. The molecule has 0 saturated carbocycles. The van der Waals surface area contributed by atoms with Crippen LogP contribution in [0.1, 0.15) is 33.6 Å². The lowest BCUT2D eigenvalue weighted by Crippen LogP contribution is -2.25. The minimum Gasteiger partial charge on any atom is -0.365 e. The second-order valence-electron chi connectivity index (χ2n) is 8.25. The van der Waals surface area contributed by atoms with Crippen LogP contribution < -0.4 is 21.7 Å². The summed E-state index contributed by atoms with van der Waals surface area (Å²) >= 11 is 0. The van der Waals surface area contributed by atoms with Crippen molar-refractivity contribution in [3.05, 3.63) is 90.1 Å². The van der Waals surface area contributed by atoms with Crippen LogP contribution in [0.4, 0.5) is 11.4 Å². The Morgan fingerprint density at radius 1 is 0.889 bits per heavy atom. The van der Waals surface area contributed by atoms with Gasteiger partial charge in [-0.1, -0.05) is 36.4 Å². The van der Waals surface area contributed by atoms with Gasteiger partial charge in [-0.15, -0.1) is 0 Å². The summed E-state index contributed by atoms with van der Waals surface area (Å²) in [4.78, 5) is 39.2. The Labute approximate surface area is 208 Å². The number of carbonyl (C=O) groups excluding carboxylic acids is 3. The molecule has 1 heterocycles. The number of unbranched alkanes of at least 4 members (excludes halogenated alkanes) is 1. The van der Waals surface area contributed by atoms with Crippen molar-refractivity contribution in [3.8, 4) is 11.1 Å². The van der Waals surface area contributed by atoms with Crippen molar-refractivity contribution < 1.29 is 14.4 Å². The second-order valence-corrected chi connectivity index (χ2v) is 8.25. The SMILES string of the molecule is NC(=O)c1cnc2ccc(-c3ccc(C(=O)NCCCCNC=O)cc3)cc2c1Nc1ccccc1. The van der Waals surface area contributed by atoms with E-state index in [1.807, 2.05) is 60.7 Å². The maximum Gasteiger partial charge on any atom is 0.252 e. The number of amides is 3. The van der Waals surface area contributed by atoms with Crippen LogP contribution in [-0.2, 0) is 4.79 Å². The van der Waals surface area contributed by atoms with Gasteiger partial charge in [0, 0.05) is 35.9 Å². The average molecular weight is 482 g/mol. The minimum atomic E-state index is -0.566. The number of para-hydroxylation sites is 1. The lowest BCUT2D eigenvalue weighted by molar-refractivity contribution is -0.109. The van der Waals surface area contributed by atoms with E-state index < -0.39 is 5.91 Å². The highest BCUT2D eigenvalue weighted by atomic mass is 16.2. The van der Waals surface area contributed by atoms with Crippen LogP contribution in [0.2, 0.25) is 0 Å². The Bertz CT molecular complexity index is 1370. The summed E-state index contributed by atoms with van der Waals surface area (Å²) in [5.41, 5.74) is 10.5. The number of carbonyl (C=O) groups is 3. The van der Waals surface area contributed by atoms with Gasteiger partial charge in [-0.2, -0.15) is 0 Å². The largest absolute Gasteiger partial charge is 0.365 e. The fourth-order valence-corrected chi connectivity index (χ4v) is 3.89. The molecule has 0 fully saturated rings. The van der Waals surface area contributed by atoms with Crippen molar-refractivity contribution in [1.29, 1.82) is 0 Å². The molecule has 0 atom stereocenters. The molecular weight excluding hydrogens is 454 g/mol. The van der Waals surface area contributed by atoms with Gasteiger partial charge in [-0.25, -0.2) is 0 Å². The molecule has 8 nitrogen and oxygen atoms in total. The molecule has 3 amide bonds. The summed E-state index contributed by atoms with van der Waals surface area (Å²) in [5.74, 6) is -0.711. The lowest BCUT2D eigenvalue weighted by Gasteiger charge is -2.14. The summed E-state index contributed by atoms with van der Waals surface area (Å²) in [6.07, 6.45) is 3.74. The van der Waals surface area contributed by atoms with Gasteiger partial charge in [0.25, 0.3) is 11.8 Å². The highest BCUT2D eigenvalue weighted by molar-refractivity contribution is 6.08. The first kappa shape index (κ1) is 24.4. The van der Waals surface area contributed by atoms with Gasteiger partial charge >= 0.3 is 0 Å². The van der Waals surface area contributed by atoms with Crippen molar-refractivity contribution in [2.45, 2.75) is 12.8 Å². The number of hydrogen-bond acceptors (Lipinski definition) is 5. The predicted molar refractivity (Wildman–Crippen MR) is 141 cm³/mol. The zero-order chi connectivity index (χ0) is 25.3. The van der Waals surface area contributed by atoms with E-state index in [0.29, 0.717) is 36.3 Å². The molecule has 4 rings (SSSR count). The number of benzene rings is 3. The lowest BCUT2D eigenvalue weighted by atomic mass is 9.99. The van der Waals surface area contributed by atoms with Gasteiger partial charge < -0.3 is 21.7 Å². The standard InChI is InChI=1S/C28H27N5O3/c29-27(35)24-17-32-25-13-12-21(16-23(25)26(24)33-22-6-2-1-3-7-22)19-8-10-20(11-9-19)28(36)31-15-5-4-14-30-18-34/h1-3,6-13,16-18H,4-5,14-15H2,(H2,29,35)(H,30,34)(H,31,36)(H,32,33). The van der Waals surface area contributed by atoms with Gasteiger partial charge in [0.1, 0.15) is 0 Å². The van der Waals surface area contributed by atoms with E-state index in [2.05, 4.69) is 20.9 Å². The molecule has 3 aromatic carbocycles. The van der Waals surface area contributed by atoms with Gasteiger partial charge in [-0.3, -0.25) is 19.4 Å². The fraction of sp³-hybridized carbons (Fsp3) is 0.143. The van der Waals surface area contributed by atoms with E-state index in [9.17, 15) is 14.4 Å². The maximum atomic E-state index is 12.4. The molecule has 1 aromatic heterocycles. The van der Waals surface area contributed by atoms with E-state index in [1.54, 1.807) is 12.1 Å². The summed E-state index contributed by atoms with van der Waals surface area (Å²) < 4.78 is 0. The van der Waals surface area contributed by atoms with E-state index in [-0.39, 0.29) is 5.91 Å². The fourth-order valence-electron chi connectivity index (χ4n) is 3.89. The van der Waals surface area contributed by atoms with Crippen LogP contribution in [0.15, 0.2) is 79.0 Å². The number of nitrogens with zero attached hydrogens (tertiary/aromatic N) is 1. The maximum absolute atomic E-state index is 12.4. The van der Waals surface area contributed by atoms with Crippen LogP contribution in [-0.4, -0.2) is 36.3 Å². The number of nitrogens with two attached hydrogens (primary N) is 1. The highest BCUT2D eigenvalue weighted by Gasteiger charge is 2.15. The zero-order valence-electron chi connectivity index (χ0n) is 19.7. The number of pyridine rings is 1. The molecule has 0 spiro atoms. The number of fused-ring (bicyclic) bond motifs is 1. The van der Waals surface area contributed by atoms with E-state index in [0.717, 1.165) is 40.6 Å². The Morgan fingerprint density at radius 3 is 2.33 bits per heavy atom. The van der Waals surface area contributed by atoms with Gasteiger partial charge in [0.2, 0.25) is 6.41 Å². The van der Waals surface area contributed by atoms with E-state index >= 15 is 0 Å². The number of rotatable bonds is 11. The summed E-state index contributed by atoms with van der Waals surface area (Å²) in [7, 11) is 0. The number of primary amides is 1. The smallest absolute Gasteiger partial charge is 0.252 e. The third-order valence-electron chi connectivity index (χ3n) is 5.77. The predicted octanol–water partition coefficient (Wildman–Crippen LogP) is 4.00. The molecule has 0 unspecified atom stereocenters. The second kappa shape index (κ2) is 11.6. The van der Waals surface area contributed by atoms with Crippen molar-refractivity contribution in [2.24, 2.45) is 5.73 Å². The number of nitrogens with one attached hydrogen (secondary N) is 3. The molecule has 0 saturated heterocycles. The van der Waals surface area contributed by atoms with Crippen LogP contribution in [0.25, 0.3) is 22.0 Å². The van der Waals surface area contributed by atoms with Gasteiger partial charge in [-0.05, 0) is 60.4 Å². The van der Waals surface area contributed by atoms with Crippen LogP contribution >= 0.6 is 0 Å². The van der Waals surface area contributed by atoms with Crippen LogP contribution in [0.3, 0.4) is 0 Å². The third-order valence-corrected chi connectivity index (χ3v) is 5.77. The van der Waals surface area contributed by atoms with Crippen molar-refractivity contribution >= 4 is 40.5 Å². The first-order chi connectivity index (χ1) is 17.6. The molecular formula is C28H27N5O3. The first-order valence-electron chi connectivity index (χ1n) is 11.7. The molecule has 182 valence electrons. The Hall–Kier alpha value is -4.72. The molecule has 8 heteroatoms. The number of anilines is 2. The average Bonchev–Trinajstić information content (AvgIpc) is 2.91. The molecule has 0 aliphatic heterocycles. The quantitative estimate of drug-likeness (QED) is 0.190. The monoisotopic (exact) mass is 481 g/mol. The molecule has 36 heavy (non-hydrogen) atoms. The molecule has 0 aliphatic carbocycles. The summed E-state index contributed by atoms with van der Waals surface area (Å²) in [5, 5.41) is 9.57. The molecule has 0 aliphatic rings. The summed E-state index contributed by atoms with van der Waals surface area (Å²) in [6.45, 7) is 1.14. The normalized spacial score (nSPS) is 10.6. The number of aromatic nitrogens is 1. The first-order valence-corrected chi connectivity index (χ1v) is 11.7. The van der Waals surface area contributed by atoms with Crippen molar-refractivity contribution in [2.75, 3.05) is 18.4 Å². The topological polar surface area (TPSA) is 126 Å². The Morgan fingerprint density at radius 2 is 1.61 bits per heavy atom. The van der Waals surface area contributed by atoms with Crippen LogP contribution in [0, 0.1) is 0 Å². The Balaban J connectivity index is 1.56. The van der Waals surface area contributed by atoms with Crippen LogP contribution in [0.5, 0.6) is 0 Å². The highest BCUT2D eigenvalue weighted by Crippen LogP contribution is 2.32. The summed E-state index contributed by atoms with van der Waals surface area (Å²) in [6, 6.07) is 22.7. The molecule has 0 radical (unpaired) electrons. The molecule has 5 N–H and O–H groups in total. The van der Waals surface area contributed by atoms with Gasteiger partial charge in [0.15, 0.2) is 0 Å². The zero-order valence-corrected chi connectivity index (χ0v) is 19.7. The third kappa shape index (κ3) is 5.85. The van der Waals surface area contributed by atoms with Gasteiger partial charge in [0.05, 0.1) is 16.8 Å².